The molecule has 9 heteroatoms. The zero-order valence-electron chi connectivity index (χ0n) is 12.4. The van der Waals surface area contributed by atoms with Gasteiger partial charge in [-0.1, -0.05) is 12.1 Å². The first kappa shape index (κ1) is 16.8. The van der Waals surface area contributed by atoms with Crippen LogP contribution < -0.4 is 4.74 Å². The molecule has 130 valence electrons. The highest BCUT2D eigenvalue weighted by Gasteiger charge is 2.56. The maximum atomic E-state index is 12.3. The zero-order valence-corrected chi connectivity index (χ0v) is 12.4. The van der Waals surface area contributed by atoms with Crippen LogP contribution in [0.3, 0.4) is 0 Å². The number of para-hydroxylation sites is 1. The van der Waals surface area contributed by atoms with E-state index < -0.39 is 43.3 Å². The van der Waals surface area contributed by atoms with E-state index in [1.54, 1.807) is 24.3 Å². The molecular formula is C15H17NO8. The average molecular weight is 339 g/mol. The van der Waals surface area contributed by atoms with Gasteiger partial charge in [-0.25, -0.2) is 4.79 Å². The Hall–Kier alpha value is -2.01. The minimum Gasteiger partial charge on any atom is -0.422 e. The summed E-state index contributed by atoms with van der Waals surface area (Å²) < 4.78 is 10.1. The van der Waals surface area contributed by atoms with Gasteiger partial charge in [-0.15, -0.1) is 0 Å². The van der Waals surface area contributed by atoms with E-state index in [1.807, 2.05) is 0 Å². The molecule has 0 radical (unpaired) electrons. The molecule has 6 N–H and O–H groups in total. The molecule has 1 aliphatic heterocycles. The number of hydrogen-bond acceptors (Lipinski definition) is 8. The lowest BCUT2D eigenvalue weighted by molar-refractivity contribution is -0.246. The van der Waals surface area contributed by atoms with Gasteiger partial charge in [-0.3, -0.25) is 0 Å². The average Bonchev–Trinajstić information content (AvgIpc) is 3.06. The van der Waals surface area contributed by atoms with Crippen molar-refractivity contribution in [2.75, 3.05) is 6.61 Å². The maximum absolute atomic E-state index is 12.3. The fourth-order valence-electron chi connectivity index (χ4n) is 2.67. The number of nitrogens with one attached hydrogen (secondary N) is 1. The number of aromatic nitrogens is 1. The van der Waals surface area contributed by atoms with Crippen LogP contribution in [0.2, 0.25) is 0 Å². The Morgan fingerprint density at radius 3 is 2.62 bits per heavy atom. The summed E-state index contributed by atoms with van der Waals surface area (Å²) in [6.45, 7) is -1.43. The summed E-state index contributed by atoms with van der Waals surface area (Å²) in [7, 11) is 0. The molecule has 1 saturated heterocycles. The minimum atomic E-state index is -2.46. The first-order valence-corrected chi connectivity index (χ1v) is 7.20. The normalized spacial score (nSPS) is 30.0. The standard InChI is InChI=1S/C15H17NO8/c17-5-9-11(7-3-1-2-4-8(7)16-9)23-14(21)12-10(19)13(20)15(22,6-18)24-12/h1-4,10,12-13,16-20,22H,5-6H2. The van der Waals surface area contributed by atoms with E-state index in [0.29, 0.717) is 10.9 Å². The van der Waals surface area contributed by atoms with Crippen LogP contribution in [0.25, 0.3) is 10.9 Å². The highest BCUT2D eigenvalue weighted by Crippen LogP contribution is 2.33. The van der Waals surface area contributed by atoms with Gasteiger partial charge >= 0.3 is 5.97 Å². The quantitative estimate of drug-likeness (QED) is 0.363. The van der Waals surface area contributed by atoms with E-state index in [9.17, 15) is 25.2 Å². The molecule has 0 amide bonds. The number of fused-ring (bicyclic) bond motifs is 1. The molecule has 0 aliphatic carbocycles. The summed E-state index contributed by atoms with van der Waals surface area (Å²) in [6.07, 6.45) is -5.35. The van der Waals surface area contributed by atoms with E-state index in [4.69, 9.17) is 14.6 Å². The first-order valence-electron chi connectivity index (χ1n) is 7.20. The minimum absolute atomic E-state index is 0.0582. The van der Waals surface area contributed by atoms with E-state index in [1.165, 1.54) is 0 Å². The zero-order chi connectivity index (χ0) is 17.5. The van der Waals surface area contributed by atoms with Crippen LogP contribution in [0.5, 0.6) is 5.75 Å². The van der Waals surface area contributed by atoms with Crippen molar-refractivity contribution in [2.45, 2.75) is 30.7 Å². The Bertz CT molecular complexity index is 759. The third kappa shape index (κ3) is 2.57. The Morgan fingerprint density at radius 1 is 1.29 bits per heavy atom. The summed E-state index contributed by atoms with van der Waals surface area (Å²) >= 11 is 0. The first-order chi connectivity index (χ1) is 11.4. The number of rotatable bonds is 4. The van der Waals surface area contributed by atoms with E-state index >= 15 is 0 Å². The fraction of sp³-hybridized carbons (Fsp3) is 0.400. The van der Waals surface area contributed by atoms with E-state index in [0.717, 1.165) is 0 Å². The summed E-state index contributed by atoms with van der Waals surface area (Å²) in [5.41, 5.74) is 0.874. The number of carbonyl (C=O) groups is 1. The lowest BCUT2D eigenvalue weighted by Gasteiger charge is -2.22. The van der Waals surface area contributed by atoms with Crippen LogP contribution in [0.15, 0.2) is 24.3 Å². The topological polar surface area (TPSA) is 152 Å². The van der Waals surface area contributed by atoms with Crippen molar-refractivity contribution in [1.29, 1.82) is 0 Å². The number of esters is 1. The van der Waals surface area contributed by atoms with Crippen LogP contribution in [0.1, 0.15) is 5.69 Å². The van der Waals surface area contributed by atoms with E-state index in [2.05, 4.69) is 4.98 Å². The molecule has 2 aromatic rings. The number of aliphatic hydroxyl groups excluding tert-OH is 4. The van der Waals surface area contributed by atoms with Gasteiger partial charge in [0.2, 0.25) is 5.79 Å². The molecule has 24 heavy (non-hydrogen) atoms. The molecule has 1 aromatic carbocycles. The maximum Gasteiger partial charge on any atom is 0.343 e. The molecule has 1 aromatic heterocycles. The predicted molar refractivity (Wildman–Crippen MR) is 78.8 cm³/mol. The summed E-state index contributed by atoms with van der Waals surface area (Å²) in [4.78, 5) is 15.2. The van der Waals surface area contributed by atoms with Gasteiger partial charge in [0.05, 0.1) is 18.9 Å². The second-order valence-electron chi connectivity index (χ2n) is 5.53. The van der Waals surface area contributed by atoms with Crippen LogP contribution in [-0.2, 0) is 16.1 Å². The van der Waals surface area contributed by atoms with Gasteiger partial charge in [0.15, 0.2) is 11.9 Å². The van der Waals surface area contributed by atoms with Crippen molar-refractivity contribution in [3.05, 3.63) is 30.0 Å². The Morgan fingerprint density at radius 2 is 2.00 bits per heavy atom. The van der Waals surface area contributed by atoms with Gasteiger partial charge in [-0.05, 0) is 12.1 Å². The van der Waals surface area contributed by atoms with E-state index in [-0.39, 0.29) is 11.4 Å². The fourth-order valence-corrected chi connectivity index (χ4v) is 2.67. The smallest absolute Gasteiger partial charge is 0.343 e. The van der Waals surface area contributed by atoms with Crippen molar-refractivity contribution < 1.29 is 39.8 Å². The largest absolute Gasteiger partial charge is 0.422 e. The lowest BCUT2D eigenvalue weighted by Crippen LogP contribution is -2.46. The summed E-state index contributed by atoms with van der Waals surface area (Å²) in [6, 6.07) is 6.86. The number of benzene rings is 1. The molecule has 3 rings (SSSR count). The number of aliphatic hydroxyl groups is 5. The van der Waals surface area contributed by atoms with Gasteiger partial charge in [0.25, 0.3) is 0 Å². The molecule has 0 spiro atoms. The highest BCUT2D eigenvalue weighted by atomic mass is 16.7. The molecular weight excluding hydrogens is 322 g/mol. The molecule has 0 bridgehead atoms. The van der Waals surface area contributed by atoms with Crippen LogP contribution >= 0.6 is 0 Å². The van der Waals surface area contributed by atoms with Gasteiger partial charge in [-0.2, -0.15) is 0 Å². The lowest BCUT2D eigenvalue weighted by atomic mass is 10.1. The van der Waals surface area contributed by atoms with Crippen LogP contribution in [-0.4, -0.2) is 67.2 Å². The molecule has 9 nitrogen and oxygen atoms in total. The van der Waals surface area contributed by atoms with Crippen molar-refractivity contribution in [3.63, 3.8) is 0 Å². The second-order valence-corrected chi connectivity index (χ2v) is 5.53. The second kappa shape index (κ2) is 6.13. The van der Waals surface area contributed by atoms with Crippen LogP contribution in [0, 0.1) is 0 Å². The predicted octanol–water partition coefficient (Wildman–Crippen LogP) is -1.63. The highest BCUT2D eigenvalue weighted by molar-refractivity contribution is 5.91. The Labute approximate surface area is 135 Å². The summed E-state index contributed by atoms with van der Waals surface area (Å²) in [5, 5.41) is 48.4. The van der Waals surface area contributed by atoms with Crippen molar-refractivity contribution in [3.8, 4) is 5.75 Å². The Kier molecular flexibility index (Phi) is 4.30. The summed E-state index contributed by atoms with van der Waals surface area (Å²) in [5.74, 6) is -3.48. The van der Waals surface area contributed by atoms with Gasteiger partial charge in [0.1, 0.15) is 12.2 Å². The molecule has 0 saturated carbocycles. The SMILES string of the molecule is O=C(Oc1c(CO)[nH]c2ccccc12)C1OC(O)(CO)C(O)C1O. The molecule has 1 aliphatic rings. The molecule has 1 fully saturated rings. The van der Waals surface area contributed by atoms with Crippen molar-refractivity contribution in [1.82, 2.24) is 4.98 Å². The van der Waals surface area contributed by atoms with Crippen molar-refractivity contribution in [2.24, 2.45) is 0 Å². The number of hydrogen-bond donors (Lipinski definition) is 6. The van der Waals surface area contributed by atoms with Crippen molar-refractivity contribution >= 4 is 16.9 Å². The molecule has 4 unspecified atom stereocenters. The number of carbonyl (C=O) groups excluding carboxylic acids is 1. The van der Waals surface area contributed by atoms with Crippen LogP contribution in [0.4, 0.5) is 0 Å². The number of aromatic amines is 1. The molecule has 4 atom stereocenters. The number of H-pyrrole nitrogens is 1. The van der Waals surface area contributed by atoms with Gasteiger partial charge < -0.3 is 40.0 Å². The third-order valence-corrected chi connectivity index (χ3v) is 3.98. The third-order valence-electron chi connectivity index (χ3n) is 3.98. The van der Waals surface area contributed by atoms with Gasteiger partial charge in [0, 0.05) is 10.9 Å². The Balaban J connectivity index is 1.88. The number of ether oxygens (including phenoxy) is 2. The molecule has 2 heterocycles. The monoisotopic (exact) mass is 339 g/mol.